The smallest absolute Gasteiger partial charge is 0.450 e. The Bertz CT molecular complexity index is 338. The Morgan fingerprint density at radius 2 is 1.89 bits per heavy atom. The number of carbonyl (C=O) groups is 1. The Morgan fingerprint density at radius 1 is 1.22 bits per heavy atom. The second kappa shape index (κ2) is 8.49. The molecule has 0 aliphatic heterocycles. The molecule has 1 aromatic rings. The molecule has 5 heteroatoms. The van der Waals surface area contributed by atoms with Crippen molar-refractivity contribution >= 4 is 6.16 Å². The lowest BCUT2D eigenvalue weighted by Crippen LogP contribution is -2.17. The normalized spacial score (nSPS) is 12.1. The third-order valence-corrected chi connectivity index (χ3v) is 2.26. The van der Waals surface area contributed by atoms with E-state index in [9.17, 15) is 4.79 Å². The van der Waals surface area contributed by atoms with Gasteiger partial charge in [-0.15, -0.1) is 0 Å². The first-order chi connectivity index (χ1) is 8.74. The van der Waals surface area contributed by atoms with Crippen molar-refractivity contribution in [3.05, 3.63) is 35.9 Å². The van der Waals surface area contributed by atoms with Crippen molar-refractivity contribution in [1.82, 2.24) is 0 Å². The van der Waals surface area contributed by atoms with Crippen molar-refractivity contribution in [1.29, 1.82) is 0 Å². The van der Waals surface area contributed by atoms with E-state index in [2.05, 4.69) is 0 Å². The van der Waals surface area contributed by atoms with Crippen LogP contribution in [0, 0.1) is 0 Å². The Kier molecular flexibility index (Phi) is 6.83. The van der Waals surface area contributed by atoms with Crippen LogP contribution >= 0.6 is 0 Å². The minimum atomic E-state index is -1.31. The van der Waals surface area contributed by atoms with Gasteiger partial charge in [-0.1, -0.05) is 30.3 Å². The molecule has 0 aromatic heterocycles. The summed E-state index contributed by atoms with van der Waals surface area (Å²) in [5.41, 5.74) is 0.774. The predicted molar refractivity (Wildman–Crippen MR) is 65.6 cm³/mol. The molecule has 0 aliphatic rings. The van der Waals surface area contributed by atoms with Gasteiger partial charge in [0.25, 0.3) is 0 Å². The van der Waals surface area contributed by atoms with Gasteiger partial charge in [0.2, 0.25) is 0 Å². The van der Waals surface area contributed by atoms with Gasteiger partial charge in [-0.25, -0.2) is 4.79 Å². The molecule has 1 atom stereocenters. The number of hydrogen-bond acceptors (Lipinski definition) is 4. The van der Waals surface area contributed by atoms with Crippen LogP contribution in [0.25, 0.3) is 0 Å². The quantitative estimate of drug-likeness (QED) is 0.570. The Hall–Kier alpha value is -1.59. The largest absolute Gasteiger partial charge is 0.506 e. The molecule has 5 nitrogen and oxygen atoms in total. The summed E-state index contributed by atoms with van der Waals surface area (Å²) < 4.78 is 15.3. The molecular formula is C13H18O5. The number of benzene rings is 1. The predicted octanol–water partition coefficient (Wildman–Crippen LogP) is 2.48. The molecule has 1 rings (SSSR count). The topological polar surface area (TPSA) is 65.0 Å². The van der Waals surface area contributed by atoms with Crippen LogP contribution in [0.5, 0.6) is 0 Å². The molecule has 0 amide bonds. The molecule has 0 radical (unpaired) electrons. The molecule has 0 spiro atoms. The molecule has 100 valence electrons. The minimum Gasteiger partial charge on any atom is -0.450 e. The van der Waals surface area contributed by atoms with E-state index in [1.54, 1.807) is 12.1 Å². The summed E-state index contributed by atoms with van der Waals surface area (Å²) in [6, 6.07) is 9.12. The Balaban J connectivity index is 2.44. The number of ether oxygens (including phenoxy) is 3. The highest BCUT2D eigenvalue weighted by Crippen LogP contribution is 2.17. The van der Waals surface area contributed by atoms with E-state index in [-0.39, 0.29) is 6.61 Å². The first-order valence-electron chi connectivity index (χ1n) is 5.84. The molecule has 0 saturated carbocycles. The fourth-order valence-electron chi connectivity index (χ4n) is 1.44. The second-order valence-corrected chi connectivity index (χ2v) is 3.55. The Morgan fingerprint density at radius 3 is 2.50 bits per heavy atom. The van der Waals surface area contributed by atoms with Crippen LogP contribution in [0.1, 0.15) is 18.6 Å². The third kappa shape index (κ3) is 5.65. The van der Waals surface area contributed by atoms with E-state index in [1.165, 1.54) is 0 Å². The van der Waals surface area contributed by atoms with E-state index in [4.69, 9.17) is 19.3 Å². The second-order valence-electron chi connectivity index (χ2n) is 3.55. The molecule has 1 N–H and O–H groups in total. The summed E-state index contributed by atoms with van der Waals surface area (Å²) in [4.78, 5) is 10.6. The van der Waals surface area contributed by atoms with Crippen LogP contribution in [0.4, 0.5) is 4.79 Å². The highest BCUT2D eigenvalue weighted by molar-refractivity contribution is 5.57. The maximum absolute atomic E-state index is 10.6. The van der Waals surface area contributed by atoms with Crippen LogP contribution < -0.4 is 0 Å². The van der Waals surface area contributed by atoms with E-state index < -0.39 is 12.3 Å². The van der Waals surface area contributed by atoms with Crippen LogP contribution in [-0.4, -0.2) is 37.7 Å². The molecule has 18 heavy (non-hydrogen) atoms. The van der Waals surface area contributed by atoms with Crippen LogP contribution in [0.15, 0.2) is 30.3 Å². The number of hydrogen-bond donors (Lipinski definition) is 1. The van der Waals surface area contributed by atoms with Gasteiger partial charge in [0.15, 0.2) is 6.10 Å². The molecule has 0 bridgehead atoms. The molecule has 1 aromatic carbocycles. The van der Waals surface area contributed by atoms with Gasteiger partial charge >= 0.3 is 6.16 Å². The number of carboxylic acid groups (broad SMARTS) is 1. The Labute approximate surface area is 106 Å². The summed E-state index contributed by atoms with van der Waals surface area (Å²) in [5, 5.41) is 8.68. The zero-order valence-electron chi connectivity index (χ0n) is 10.4. The third-order valence-electron chi connectivity index (χ3n) is 2.26. The van der Waals surface area contributed by atoms with E-state index in [1.807, 2.05) is 25.1 Å². The summed E-state index contributed by atoms with van der Waals surface area (Å²) in [6.07, 6.45) is -1.91. The number of rotatable bonds is 8. The first kappa shape index (κ1) is 14.5. The van der Waals surface area contributed by atoms with Gasteiger partial charge in [0.1, 0.15) is 0 Å². The van der Waals surface area contributed by atoms with Crippen LogP contribution in [0.3, 0.4) is 0 Å². The molecule has 0 saturated heterocycles. The lowest BCUT2D eigenvalue weighted by Gasteiger charge is -2.16. The van der Waals surface area contributed by atoms with Crippen molar-refractivity contribution in [2.75, 3.05) is 26.4 Å². The van der Waals surface area contributed by atoms with Crippen molar-refractivity contribution in [2.45, 2.75) is 13.0 Å². The average molecular weight is 254 g/mol. The lowest BCUT2D eigenvalue weighted by molar-refractivity contribution is -0.0178. The monoisotopic (exact) mass is 254 g/mol. The standard InChI is InChI=1S/C13H18O5/c1-2-16-8-9-17-10-12(18-13(14)15)11-6-4-3-5-7-11/h3-7,12H,2,8-10H2,1H3,(H,14,15). The molecular weight excluding hydrogens is 236 g/mol. The molecule has 0 aliphatic carbocycles. The highest BCUT2D eigenvalue weighted by atomic mass is 16.7. The fourth-order valence-corrected chi connectivity index (χ4v) is 1.44. The summed E-state index contributed by atoms with van der Waals surface area (Å²) >= 11 is 0. The first-order valence-corrected chi connectivity index (χ1v) is 5.84. The van der Waals surface area contributed by atoms with Gasteiger partial charge in [-0.2, -0.15) is 0 Å². The van der Waals surface area contributed by atoms with Gasteiger partial charge in [-0.05, 0) is 12.5 Å². The zero-order chi connectivity index (χ0) is 13.2. The van der Waals surface area contributed by atoms with Gasteiger partial charge < -0.3 is 19.3 Å². The van der Waals surface area contributed by atoms with Crippen molar-refractivity contribution in [2.24, 2.45) is 0 Å². The van der Waals surface area contributed by atoms with Crippen molar-refractivity contribution in [3.8, 4) is 0 Å². The van der Waals surface area contributed by atoms with Crippen molar-refractivity contribution < 1.29 is 24.1 Å². The van der Waals surface area contributed by atoms with Gasteiger partial charge in [0, 0.05) is 6.61 Å². The fraction of sp³-hybridized carbons (Fsp3) is 0.462. The van der Waals surface area contributed by atoms with Crippen LogP contribution in [-0.2, 0) is 14.2 Å². The zero-order valence-corrected chi connectivity index (χ0v) is 10.4. The SMILES string of the molecule is CCOCCOCC(OC(=O)O)c1ccccc1. The van der Waals surface area contributed by atoms with Crippen LogP contribution in [0.2, 0.25) is 0 Å². The average Bonchev–Trinajstić information content (AvgIpc) is 2.38. The molecule has 0 heterocycles. The maximum atomic E-state index is 10.6. The summed E-state index contributed by atoms with van der Waals surface area (Å²) in [7, 11) is 0. The highest BCUT2D eigenvalue weighted by Gasteiger charge is 2.16. The minimum absolute atomic E-state index is 0.184. The van der Waals surface area contributed by atoms with Gasteiger partial charge in [0.05, 0.1) is 19.8 Å². The summed E-state index contributed by atoms with van der Waals surface area (Å²) in [5.74, 6) is 0. The summed E-state index contributed by atoms with van der Waals surface area (Å²) in [6.45, 7) is 3.63. The van der Waals surface area contributed by atoms with E-state index in [0.717, 1.165) is 5.56 Å². The van der Waals surface area contributed by atoms with Crippen molar-refractivity contribution in [3.63, 3.8) is 0 Å². The maximum Gasteiger partial charge on any atom is 0.506 e. The molecule has 0 fully saturated rings. The van der Waals surface area contributed by atoms with E-state index >= 15 is 0 Å². The molecule has 1 unspecified atom stereocenters. The van der Waals surface area contributed by atoms with Gasteiger partial charge in [-0.3, -0.25) is 0 Å². The van der Waals surface area contributed by atoms with E-state index in [0.29, 0.717) is 19.8 Å². The lowest BCUT2D eigenvalue weighted by atomic mass is 10.1.